The number of hydrogen-bond donors (Lipinski definition) is 1. The highest BCUT2D eigenvalue weighted by atomic mass is 16.5. The fourth-order valence-electron chi connectivity index (χ4n) is 3.37. The minimum Gasteiger partial charge on any atom is -0.497 e. The van der Waals surface area contributed by atoms with Crippen molar-refractivity contribution in [3.63, 3.8) is 0 Å². The van der Waals surface area contributed by atoms with Gasteiger partial charge in [-0.05, 0) is 37.6 Å². The van der Waals surface area contributed by atoms with Gasteiger partial charge in [0.05, 0.1) is 26.4 Å². The van der Waals surface area contributed by atoms with Gasteiger partial charge in [-0.2, -0.15) is 0 Å². The van der Waals surface area contributed by atoms with Gasteiger partial charge >= 0.3 is 0 Å². The molecule has 1 aliphatic heterocycles. The number of nitrogens with one attached hydrogen (secondary N) is 1. The number of carbonyl (C=O) groups is 1. The van der Waals surface area contributed by atoms with Crippen molar-refractivity contribution in [2.45, 2.75) is 32.9 Å². The molecule has 1 aromatic rings. The lowest BCUT2D eigenvalue weighted by molar-refractivity contribution is -0.123. The fraction of sp³-hybridized carbons (Fsp3) is 0.667. The van der Waals surface area contributed by atoms with Gasteiger partial charge in [0, 0.05) is 32.2 Å². The summed E-state index contributed by atoms with van der Waals surface area (Å²) in [7, 11) is 3.63. The van der Waals surface area contributed by atoms with Crippen LogP contribution >= 0.6 is 0 Å². The SMILES string of the molecule is COc1ccc(C(C)N(C)CC(=O)NCC2CN(CC(C)C)CCO2)cc1. The molecule has 2 unspecified atom stereocenters. The summed E-state index contributed by atoms with van der Waals surface area (Å²) in [5.74, 6) is 1.51. The third kappa shape index (κ3) is 7.13. The van der Waals surface area contributed by atoms with Gasteiger partial charge in [-0.15, -0.1) is 0 Å². The van der Waals surface area contributed by atoms with Gasteiger partial charge in [0.2, 0.25) is 5.91 Å². The molecule has 0 aliphatic carbocycles. The van der Waals surface area contributed by atoms with Crippen molar-refractivity contribution in [2.24, 2.45) is 5.92 Å². The number of morpholine rings is 1. The number of ether oxygens (including phenoxy) is 2. The van der Waals surface area contributed by atoms with E-state index in [1.54, 1.807) is 7.11 Å². The number of rotatable bonds is 9. The Morgan fingerprint density at radius 1 is 1.33 bits per heavy atom. The molecule has 27 heavy (non-hydrogen) atoms. The number of benzene rings is 1. The summed E-state index contributed by atoms with van der Waals surface area (Å²) >= 11 is 0. The van der Waals surface area contributed by atoms with E-state index in [-0.39, 0.29) is 18.1 Å². The Kier molecular flexibility index (Phi) is 8.54. The van der Waals surface area contributed by atoms with Gasteiger partial charge in [0.25, 0.3) is 0 Å². The molecule has 152 valence electrons. The van der Waals surface area contributed by atoms with Crippen LogP contribution in [0, 0.1) is 5.92 Å². The van der Waals surface area contributed by atoms with Gasteiger partial charge < -0.3 is 14.8 Å². The van der Waals surface area contributed by atoms with Crippen molar-refractivity contribution in [1.29, 1.82) is 0 Å². The summed E-state index contributed by atoms with van der Waals surface area (Å²) < 4.78 is 11.0. The number of nitrogens with zero attached hydrogens (tertiary/aromatic N) is 2. The molecular formula is C21H35N3O3. The molecule has 0 aromatic heterocycles. The largest absolute Gasteiger partial charge is 0.497 e. The first-order valence-electron chi connectivity index (χ1n) is 9.84. The average molecular weight is 378 g/mol. The molecule has 2 atom stereocenters. The Hall–Kier alpha value is -1.63. The van der Waals surface area contributed by atoms with Crippen molar-refractivity contribution in [2.75, 3.05) is 53.5 Å². The number of carbonyl (C=O) groups excluding carboxylic acids is 1. The maximum Gasteiger partial charge on any atom is 0.234 e. The highest BCUT2D eigenvalue weighted by Gasteiger charge is 2.22. The predicted octanol–water partition coefficient (Wildman–Crippen LogP) is 2.16. The Balaban J connectivity index is 1.75. The molecule has 0 saturated carbocycles. The van der Waals surface area contributed by atoms with Gasteiger partial charge in [-0.3, -0.25) is 14.6 Å². The van der Waals surface area contributed by atoms with E-state index in [0.717, 1.165) is 37.6 Å². The quantitative estimate of drug-likeness (QED) is 0.715. The molecule has 1 aromatic carbocycles. The summed E-state index contributed by atoms with van der Waals surface area (Å²) in [5.41, 5.74) is 1.16. The maximum atomic E-state index is 12.3. The first-order valence-corrected chi connectivity index (χ1v) is 9.84. The molecule has 1 amide bonds. The van der Waals surface area contributed by atoms with Crippen LogP contribution in [0.1, 0.15) is 32.4 Å². The zero-order valence-electron chi connectivity index (χ0n) is 17.4. The number of methoxy groups -OCH3 is 1. The lowest BCUT2D eigenvalue weighted by atomic mass is 10.1. The van der Waals surface area contributed by atoms with E-state index in [4.69, 9.17) is 9.47 Å². The molecule has 1 heterocycles. The molecule has 0 radical (unpaired) electrons. The molecule has 1 aliphatic rings. The first kappa shape index (κ1) is 21.7. The second-order valence-corrected chi connectivity index (χ2v) is 7.81. The van der Waals surface area contributed by atoms with E-state index >= 15 is 0 Å². The number of likely N-dealkylation sites (N-methyl/N-ethyl adjacent to an activating group) is 1. The van der Waals surface area contributed by atoms with Gasteiger partial charge in [0.15, 0.2) is 0 Å². The van der Waals surface area contributed by atoms with E-state index in [9.17, 15) is 4.79 Å². The second kappa shape index (κ2) is 10.6. The fourth-order valence-corrected chi connectivity index (χ4v) is 3.37. The van der Waals surface area contributed by atoms with Crippen molar-refractivity contribution >= 4 is 5.91 Å². The van der Waals surface area contributed by atoms with Crippen LogP contribution in [-0.4, -0.2) is 75.3 Å². The van der Waals surface area contributed by atoms with Gasteiger partial charge in [0.1, 0.15) is 5.75 Å². The van der Waals surface area contributed by atoms with Crippen LogP contribution in [0.25, 0.3) is 0 Å². The molecule has 2 rings (SSSR count). The standard InChI is InChI=1S/C21H35N3O3/c1-16(2)13-24-10-11-27-20(14-24)12-22-21(25)15-23(4)17(3)18-6-8-19(26-5)9-7-18/h6-9,16-17,20H,10-15H2,1-5H3,(H,22,25). The summed E-state index contributed by atoms with van der Waals surface area (Å²) in [6, 6.07) is 8.12. The third-order valence-corrected chi connectivity index (χ3v) is 5.03. The van der Waals surface area contributed by atoms with Crippen molar-refractivity contribution in [3.8, 4) is 5.75 Å². The van der Waals surface area contributed by atoms with Crippen LogP contribution in [0.2, 0.25) is 0 Å². The molecular weight excluding hydrogens is 342 g/mol. The predicted molar refractivity (Wildman–Crippen MR) is 108 cm³/mol. The van der Waals surface area contributed by atoms with Crippen LogP contribution in [-0.2, 0) is 9.53 Å². The zero-order valence-corrected chi connectivity index (χ0v) is 17.4. The minimum atomic E-state index is 0.0300. The van der Waals surface area contributed by atoms with Gasteiger partial charge in [-0.25, -0.2) is 0 Å². The molecule has 1 N–H and O–H groups in total. The molecule has 6 nitrogen and oxygen atoms in total. The highest BCUT2D eigenvalue weighted by molar-refractivity contribution is 5.78. The Bertz CT molecular complexity index is 577. The van der Waals surface area contributed by atoms with Crippen LogP contribution < -0.4 is 10.1 Å². The normalized spacial score (nSPS) is 19.3. The van der Waals surface area contributed by atoms with Crippen LogP contribution in [0.3, 0.4) is 0 Å². The maximum absolute atomic E-state index is 12.3. The zero-order chi connectivity index (χ0) is 19.8. The molecule has 1 saturated heterocycles. The Morgan fingerprint density at radius 2 is 2.04 bits per heavy atom. The topological polar surface area (TPSA) is 54.0 Å². The molecule has 1 fully saturated rings. The summed E-state index contributed by atoms with van der Waals surface area (Å²) in [5, 5.41) is 3.03. The van der Waals surface area contributed by atoms with Crippen LogP contribution in [0.5, 0.6) is 5.75 Å². The second-order valence-electron chi connectivity index (χ2n) is 7.81. The molecule has 0 spiro atoms. The molecule has 6 heteroatoms. The van der Waals surface area contributed by atoms with Crippen LogP contribution in [0.4, 0.5) is 0 Å². The average Bonchev–Trinajstić information content (AvgIpc) is 2.65. The Morgan fingerprint density at radius 3 is 2.67 bits per heavy atom. The van der Waals surface area contributed by atoms with E-state index in [2.05, 4.69) is 31.0 Å². The monoisotopic (exact) mass is 377 g/mol. The van der Waals surface area contributed by atoms with Crippen molar-refractivity contribution in [3.05, 3.63) is 29.8 Å². The number of amides is 1. The summed E-state index contributed by atoms with van der Waals surface area (Å²) in [4.78, 5) is 16.8. The summed E-state index contributed by atoms with van der Waals surface area (Å²) in [6.45, 7) is 11.2. The summed E-state index contributed by atoms with van der Waals surface area (Å²) in [6.07, 6.45) is 0.0748. The van der Waals surface area contributed by atoms with Crippen LogP contribution in [0.15, 0.2) is 24.3 Å². The third-order valence-electron chi connectivity index (χ3n) is 5.03. The van der Waals surface area contributed by atoms with Crippen molar-refractivity contribution in [1.82, 2.24) is 15.1 Å². The highest BCUT2D eigenvalue weighted by Crippen LogP contribution is 2.21. The van der Waals surface area contributed by atoms with E-state index in [1.807, 2.05) is 36.2 Å². The van der Waals surface area contributed by atoms with E-state index < -0.39 is 0 Å². The van der Waals surface area contributed by atoms with E-state index in [0.29, 0.717) is 19.0 Å². The van der Waals surface area contributed by atoms with Crippen molar-refractivity contribution < 1.29 is 14.3 Å². The first-order chi connectivity index (χ1) is 12.9. The van der Waals surface area contributed by atoms with Gasteiger partial charge in [-0.1, -0.05) is 26.0 Å². The van der Waals surface area contributed by atoms with E-state index in [1.165, 1.54) is 0 Å². The lowest BCUT2D eigenvalue weighted by Crippen LogP contribution is -2.49. The lowest BCUT2D eigenvalue weighted by Gasteiger charge is -2.34. The molecule has 0 bridgehead atoms. The smallest absolute Gasteiger partial charge is 0.234 e. The number of hydrogen-bond acceptors (Lipinski definition) is 5. The Labute approximate surface area is 163 Å². The minimum absolute atomic E-state index is 0.0300.